The number of carbonyl (C=O) groups is 1. The zero-order chi connectivity index (χ0) is 17.8. The van der Waals surface area contributed by atoms with E-state index in [9.17, 15) is 9.59 Å². The molecule has 0 radical (unpaired) electrons. The number of amides is 1. The summed E-state index contributed by atoms with van der Waals surface area (Å²) in [6.07, 6.45) is 0. The van der Waals surface area contributed by atoms with Gasteiger partial charge in [-0.15, -0.1) is 11.3 Å². The van der Waals surface area contributed by atoms with Gasteiger partial charge in [0.25, 0.3) is 5.56 Å². The second-order valence-corrected chi connectivity index (χ2v) is 6.15. The number of aromatic nitrogens is 2. The van der Waals surface area contributed by atoms with Crippen LogP contribution < -0.4 is 21.3 Å². The van der Waals surface area contributed by atoms with Gasteiger partial charge in [-0.1, -0.05) is 6.07 Å². The molecule has 0 saturated heterocycles. The first-order chi connectivity index (χ1) is 12.1. The number of benzene rings is 1. The first kappa shape index (κ1) is 16.7. The normalized spacial score (nSPS) is 10.4. The highest BCUT2D eigenvalue weighted by molar-refractivity contribution is 7.13. The van der Waals surface area contributed by atoms with E-state index >= 15 is 0 Å². The third-order valence-electron chi connectivity index (χ3n) is 3.44. The number of thiophene rings is 1. The van der Waals surface area contributed by atoms with Crippen LogP contribution in [0.25, 0.3) is 10.6 Å². The molecule has 1 amide bonds. The number of rotatable bonds is 5. The van der Waals surface area contributed by atoms with Crippen LogP contribution in [-0.2, 0) is 11.3 Å². The van der Waals surface area contributed by atoms with Gasteiger partial charge in [-0.3, -0.25) is 9.59 Å². The molecule has 0 fully saturated rings. The summed E-state index contributed by atoms with van der Waals surface area (Å²) in [4.78, 5) is 25.2. The Labute approximate surface area is 147 Å². The van der Waals surface area contributed by atoms with Crippen molar-refractivity contribution >= 4 is 28.6 Å². The number of anilines is 2. The molecule has 2 heterocycles. The van der Waals surface area contributed by atoms with Crippen molar-refractivity contribution in [2.75, 3.05) is 18.2 Å². The van der Waals surface area contributed by atoms with E-state index in [1.165, 1.54) is 17.4 Å². The molecule has 0 aliphatic rings. The van der Waals surface area contributed by atoms with Crippen molar-refractivity contribution < 1.29 is 9.53 Å². The van der Waals surface area contributed by atoms with E-state index in [-0.39, 0.29) is 18.1 Å². The molecule has 25 heavy (non-hydrogen) atoms. The fourth-order valence-corrected chi connectivity index (χ4v) is 2.91. The number of nitrogens with one attached hydrogen (secondary N) is 1. The lowest BCUT2D eigenvalue weighted by Gasteiger charge is -2.09. The van der Waals surface area contributed by atoms with Crippen molar-refractivity contribution in [1.29, 1.82) is 0 Å². The van der Waals surface area contributed by atoms with Gasteiger partial charge in [-0.05, 0) is 41.8 Å². The predicted octanol–water partition coefficient (Wildman–Crippen LogP) is 2.20. The molecule has 0 aliphatic heterocycles. The minimum Gasteiger partial charge on any atom is -0.497 e. The molecule has 7 nitrogen and oxygen atoms in total. The molecule has 128 valence electrons. The van der Waals surface area contributed by atoms with Crippen LogP contribution in [-0.4, -0.2) is 22.8 Å². The second-order valence-electron chi connectivity index (χ2n) is 5.20. The Morgan fingerprint density at radius 2 is 2.08 bits per heavy atom. The Hall–Kier alpha value is -3.13. The Morgan fingerprint density at radius 3 is 2.72 bits per heavy atom. The van der Waals surface area contributed by atoms with E-state index in [4.69, 9.17) is 10.5 Å². The monoisotopic (exact) mass is 356 g/mol. The third kappa shape index (κ3) is 3.86. The van der Waals surface area contributed by atoms with Gasteiger partial charge in [0.1, 0.15) is 23.7 Å². The molecule has 0 atom stereocenters. The fourth-order valence-electron chi connectivity index (χ4n) is 2.23. The van der Waals surface area contributed by atoms with Crippen LogP contribution in [0, 0.1) is 0 Å². The van der Waals surface area contributed by atoms with Gasteiger partial charge in [0.15, 0.2) is 0 Å². The molecule has 0 spiro atoms. The Morgan fingerprint density at radius 1 is 1.32 bits per heavy atom. The number of hydrogen-bond donors (Lipinski definition) is 2. The third-order valence-corrected chi connectivity index (χ3v) is 4.34. The lowest BCUT2D eigenvalue weighted by molar-refractivity contribution is -0.117. The molecule has 0 bridgehead atoms. The van der Waals surface area contributed by atoms with Crippen molar-refractivity contribution in [1.82, 2.24) is 9.78 Å². The maximum atomic E-state index is 12.2. The van der Waals surface area contributed by atoms with Gasteiger partial charge in [0.2, 0.25) is 5.91 Å². The summed E-state index contributed by atoms with van der Waals surface area (Å²) in [5.41, 5.74) is 6.49. The van der Waals surface area contributed by atoms with Gasteiger partial charge in [0.05, 0.1) is 12.0 Å². The number of nitrogens with two attached hydrogens (primary N) is 1. The Balaban J connectivity index is 1.79. The van der Waals surface area contributed by atoms with Gasteiger partial charge >= 0.3 is 0 Å². The summed E-state index contributed by atoms with van der Waals surface area (Å²) in [6, 6.07) is 12.2. The lowest BCUT2D eigenvalue weighted by Crippen LogP contribution is -2.31. The average molecular weight is 356 g/mol. The zero-order valence-electron chi connectivity index (χ0n) is 13.4. The quantitative estimate of drug-likeness (QED) is 0.730. The summed E-state index contributed by atoms with van der Waals surface area (Å²) < 4.78 is 6.14. The first-order valence-corrected chi connectivity index (χ1v) is 8.30. The van der Waals surface area contributed by atoms with Crippen LogP contribution in [0.2, 0.25) is 0 Å². The summed E-state index contributed by atoms with van der Waals surface area (Å²) in [5, 5.41) is 8.85. The number of ether oxygens (including phenoxy) is 1. The van der Waals surface area contributed by atoms with Crippen molar-refractivity contribution in [3.63, 3.8) is 0 Å². The molecule has 3 N–H and O–H groups in total. The number of nitrogens with zero attached hydrogens (tertiary/aromatic N) is 2. The SMILES string of the molecule is COc1ccc(NC(=O)Cn2nc(-c3cccs3)cc(N)c2=O)cc1. The van der Waals surface area contributed by atoms with Gasteiger partial charge in [-0.25, -0.2) is 4.68 Å². The standard InChI is InChI=1S/C17H16N4O3S/c1-24-12-6-4-11(5-7-12)19-16(22)10-21-17(23)13(18)9-14(20-21)15-3-2-8-25-15/h2-9H,10,18H2,1H3,(H,19,22). The van der Waals surface area contributed by atoms with Crippen LogP contribution in [0.5, 0.6) is 5.75 Å². The summed E-state index contributed by atoms with van der Waals surface area (Å²) >= 11 is 1.48. The maximum absolute atomic E-state index is 12.2. The van der Waals surface area contributed by atoms with Crippen LogP contribution in [0.4, 0.5) is 11.4 Å². The molecule has 0 aliphatic carbocycles. The number of nitrogen functional groups attached to an aromatic ring is 1. The Bertz CT molecular complexity index is 934. The predicted molar refractivity (Wildman–Crippen MR) is 97.8 cm³/mol. The molecule has 1 aromatic carbocycles. The van der Waals surface area contributed by atoms with E-state index < -0.39 is 5.56 Å². The van der Waals surface area contributed by atoms with Gasteiger partial charge in [-0.2, -0.15) is 5.10 Å². The number of carbonyl (C=O) groups excluding carboxylic acids is 1. The van der Waals surface area contributed by atoms with E-state index in [0.717, 1.165) is 9.56 Å². The largest absolute Gasteiger partial charge is 0.497 e. The summed E-state index contributed by atoms with van der Waals surface area (Å²) in [6.45, 7) is -0.228. The molecule has 0 unspecified atom stereocenters. The van der Waals surface area contributed by atoms with Crippen LogP contribution in [0.3, 0.4) is 0 Å². The molecular formula is C17H16N4O3S. The highest BCUT2D eigenvalue weighted by atomic mass is 32.1. The zero-order valence-corrected chi connectivity index (χ0v) is 14.2. The Kier molecular flexibility index (Phi) is 4.80. The van der Waals surface area contributed by atoms with Crippen molar-refractivity contribution in [3.8, 4) is 16.3 Å². The second kappa shape index (κ2) is 7.18. The molecule has 3 rings (SSSR count). The highest BCUT2D eigenvalue weighted by Crippen LogP contribution is 2.22. The molecule has 8 heteroatoms. The first-order valence-electron chi connectivity index (χ1n) is 7.42. The minimum absolute atomic E-state index is 0.0515. The molecular weight excluding hydrogens is 340 g/mol. The van der Waals surface area contributed by atoms with Crippen molar-refractivity contribution in [2.45, 2.75) is 6.54 Å². The van der Waals surface area contributed by atoms with Crippen LogP contribution >= 0.6 is 11.3 Å². The number of methoxy groups -OCH3 is 1. The summed E-state index contributed by atoms with van der Waals surface area (Å²) in [5.74, 6) is 0.315. The fraction of sp³-hybridized carbons (Fsp3) is 0.118. The molecule has 0 saturated carbocycles. The minimum atomic E-state index is -0.495. The van der Waals surface area contributed by atoms with Gasteiger partial charge < -0.3 is 15.8 Å². The van der Waals surface area contributed by atoms with Crippen LogP contribution in [0.15, 0.2) is 52.6 Å². The topological polar surface area (TPSA) is 99.2 Å². The van der Waals surface area contributed by atoms with Crippen molar-refractivity contribution in [3.05, 3.63) is 58.2 Å². The molecule has 2 aromatic heterocycles. The van der Waals surface area contributed by atoms with Crippen molar-refractivity contribution in [2.24, 2.45) is 0 Å². The van der Waals surface area contributed by atoms with E-state index in [2.05, 4.69) is 10.4 Å². The highest BCUT2D eigenvalue weighted by Gasteiger charge is 2.12. The van der Waals surface area contributed by atoms with E-state index in [0.29, 0.717) is 17.1 Å². The van der Waals surface area contributed by atoms with E-state index in [1.54, 1.807) is 31.4 Å². The van der Waals surface area contributed by atoms with Crippen LogP contribution in [0.1, 0.15) is 0 Å². The lowest BCUT2D eigenvalue weighted by atomic mass is 10.3. The summed E-state index contributed by atoms with van der Waals surface area (Å²) in [7, 11) is 1.57. The van der Waals surface area contributed by atoms with E-state index in [1.807, 2.05) is 17.5 Å². The molecule has 3 aromatic rings. The van der Waals surface area contributed by atoms with Gasteiger partial charge in [0, 0.05) is 5.69 Å². The smallest absolute Gasteiger partial charge is 0.290 e. The maximum Gasteiger partial charge on any atom is 0.290 e. The average Bonchev–Trinajstić information content (AvgIpc) is 3.14. The number of hydrogen-bond acceptors (Lipinski definition) is 6.